The summed E-state index contributed by atoms with van der Waals surface area (Å²) < 4.78 is 10.7. The molecule has 5 rings (SSSR count). The fourth-order valence-electron chi connectivity index (χ4n) is 4.31. The van der Waals surface area contributed by atoms with Gasteiger partial charge in [0.15, 0.2) is 11.5 Å². The molecule has 2 aliphatic heterocycles. The van der Waals surface area contributed by atoms with Gasteiger partial charge in [0.05, 0.1) is 12.7 Å². The molecule has 2 heterocycles. The van der Waals surface area contributed by atoms with Crippen molar-refractivity contribution in [3.63, 3.8) is 0 Å². The Morgan fingerprint density at radius 2 is 1.87 bits per heavy atom. The number of rotatable bonds is 1. The Kier molecular flexibility index (Phi) is 3.43. The number of Topliss-reactive ketones (excluding diaryl/α,β-unsaturated/α-hetero) is 2. The molecule has 30 heavy (non-hydrogen) atoms. The number of allylic oxidation sites excluding steroid dienone is 1. The fourth-order valence-corrected chi connectivity index (χ4v) is 4.31. The number of hydrogen-bond acceptors (Lipinski definition) is 7. The Hall–Kier alpha value is -4.38. The molecule has 0 fully saturated rings. The number of amides is 1. The number of fused-ring (bicyclic) bond motifs is 4. The third-order valence-electron chi connectivity index (χ3n) is 5.62. The number of nitrogens with zero attached hydrogens (tertiary/aromatic N) is 1. The van der Waals surface area contributed by atoms with Gasteiger partial charge in [0.25, 0.3) is 0 Å². The van der Waals surface area contributed by atoms with Crippen LogP contribution in [0.1, 0.15) is 26.3 Å². The first kappa shape index (κ1) is 17.7. The predicted molar refractivity (Wildman–Crippen MR) is 103 cm³/mol. The number of carbonyl (C=O) groups excluding carboxylic acids is 3. The largest absolute Gasteiger partial charge is 0.497 e. The first-order valence-corrected chi connectivity index (χ1v) is 8.96. The van der Waals surface area contributed by atoms with Crippen LogP contribution in [0.25, 0.3) is 0 Å². The molecule has 8 nitrogen and oxygen atoms in total. The Bertz CT molecular complexity index is 1310. The number of nitrogens with one attached hydrogen (secondary N) is 1. The highest BCUT2D eigenvalue weighted by molar-refractivity contribution is 6.31. The zero-order chi connectivity index (χ0) is 21.2. The van der Waals surface area contributed by atoms with E-state index in [2.05, 4.69) is 5.32 Å². The maximum Gasteiger partial charge on any atom is 0.245 e. The van der Waals surface area contributed by atoms with Gasteiger partial charge in [-0.1, -0.05) is 18.2 Å². The van der Waals surface area contributed by atoms with Crippen LogP contribution in [0.4, 0.5) is 5.69 Å². The standard InChI is InChI=1S/C22H13N3O5/c1-29-10-6-7-11-12(8-10)17(26)16-19(18(11)27)30-20(24)14(9-23)22(16)13-4-2-3-5-15(13)25-21(22)28/h2-8H,24H2,1H3,(H,25,28)/t22-/m1/s1. The Labute approximate surface area is 170 Å². The Morgan fingerprint density at radius 1 is 1.10 bits per heavy atom. The molecule has 0 bridgehead atoms. The van der Waals surface area contributed by atoms with Crippen molar-refractivity contribution in [2.75, 3.05) is 12.4 Å². The van der Waals surface area contributed by atoms with Crippen molar-refractivity contribution in [1.29, 1.82) is 5.26 Å². The molecule has 0 aromatic heterocycles. The van der Waals surface area contributed by atoms with Crippen LogP contribution >= 0.6 is 0 Å². The molecular formula is C22H13N3O5. The monoisotopic (exact) mass is 399 g/mol. The van der Waals surface area contributed by atoms with E-state index < -0.39 is 22.9 Å². The molecule has 0 saturated heterocycles. The molecule has 1 atom stereocenters. The van der Waals surface area contributed by atoms with Crippen LogP contribution < -0.4 is 15.8 Å². The second-order valence-corrected chi connectivity index (χ2v) is 6.98. The van der Waals surface area contributed by atoms with Gasteiger partial charge in [-0.2, -0.15) is 5.26 Å². The summed E-state index contributed by atoms with van der Waals surface area (Å²) in [6.45, 7) is 0. The third kappa shape index (κ3) is 1.91. The lowest BCUT2D eigenvalue weighted by Crippen LogP contribution is -2.47. The van der Waals surface area contributed by atoms with Gasteiger partial charge in [0.2, 0.25) is 17.6 Å². The van der Waals surface area contributed by atoms with Crippen molar-refractivity contribution in [2.24, 2.45) is 5.73 Å². The lowest BCUT2D eigenvalue weighted by atomic mass is 9.64. The van der Waals surface area contributed by atoms with Gasteiger partial charge in [-0.05, 0) is 24.3 Å². The average Bonchev–Trinajstić information content (AvgIpc) is 3.04. The zero-order valence-electron chi connectivity index (χ0n) is 15.6. The number of methoxy groups -OCH3 is 1. The van der Waals surface area contributed by atoms with E-state index in [1.165, 1.54) is 19.2 Å². The van der Waals surface area contributed by atoms with Crippen LogP contribution in [0.2, 0.25) is 0 Å². The number of benzene rings is 2. The van der Waals surface area contributed by atoms with Crippen molar-refractivity contribution >= 4 is 23.2 Å². The van der Waals surface area contributed by atoms with Crippen LogP contribution in [0.3, 0.4) is 0 Å². The average molecular weight is 399 g/mol. The summed E-state index contributed by atoms with van der Waals surface area (Å²) in [5.41, 5.74) is 4.60. The van der Waals surface area contributed by atoms with Gasteiger partial charge in [-0.3, -0.25) is 14.4 Å². The molecule has 2 aromatic carbocycles. The minimum atomic E-state index is -1.88. The highest BCUT2D eigenvalue weighted by Crippen LogP contribution is 2.54. The van der Waals surface area contributed by atoms with Crippen molar-refractivity contribution in [3.8, 4) is 11.8 Å². The lowest BCUT2D eigenvalue weighted by molar-refractivity contribution is -0.118. The number of ether oxygens (including phenoxy) is 2. The van der Waals surface area contributed by atoms with E-state index in [9.17, 15) is 19.6 Å². The highest BCUT2D eigenvalue weighted by Gasteiger charge is 2.61. The van der Waals surface area contributed by atoms with E-state index in [1.54, 1.807) is 30.3 Å². The molecule has 8 heteroatoms. The topological polar surface area (TPSA) is 132 Å². The normalized spacial score (nSPS) is 21.5. The Balaban J connectivity index is 1.88. The predicted octanol–water partition coefficient (Wildman–Crippen LogP) is 1.94. The van der Waals surface area contributed by atoms with Crippen LogP contribution in [-0.4, -0.2) is 24.6 Å². The lowest BCUT2D eigenvalue weighted by Gasteiger charge is -2.36. The first-order valence-electron chi connectivity index (χ1n) is 8.96. The van der Waals surface area contributed by atoms with Crippen molar-refractivity contribution < 1.29 is 23.9 Å². The quantitative estimate of drug-likeness (QED) is 0.749. The number of para-hydroxylation sites is 1. The molecule has 0 saturated carbocycles. The molecule has 0 radical (unpaired) electrons. The van der Waals surface area contributed by atoms with Crippen LogP contribution in [0.5, 0.6) is 5.75 Å². The molecule has 3 N–H and O–H groups in total. The maximum atomic E-state index is 13.7. The molecule has 2 aromatic rings. The van der Waals surface area contributed by atoms with Crippen LogP contribution in [0.15, 0.2) is 65.3 Å². The molecule has 146 valence electrons. The van der Waals surface area contributed by atoms with Gasteiger partial charge in [0, 0.05) is 22.4 Å². The van der Waals surface area contributed by atoms with E-state index >= 15 is 0 Å². The second-order valence-electron chi connectivity index (χ2n) is 6.98. The fraction of sp³-hybridized carbons (Fsp3) is 0.0909. The summed E-state index contributed by atoms with van der Waals surface area (Å²) in [6.07, 6.45) is 0. The summed E-state index contributed by atoms with van der Waals surface area (Å²) in [7, 11) is 1.44. The van der Waals surface area contributed by atoms with E-state index in [0.717, 1.165) is 0 Å². The van der Waals surface area contributed by atoms with E-state index in [4.69, 9.17) is 15.2 Å². The molecule has 1 amide bonds. The number of carbonyl (C=O) groups is 3. The zero-order valence-corrected chi connectivity index (χ0v) is 15.6. The summed E-state index contributed by atoms with van der Waals surface area (Å²) in [5, 5.41) is 12.6. The van der Waals surface area contributed by atoms with Gasteiger partial charge in [0.1, 0.15) is 22.8 Å². The number of anilines is 1. The number of nitrogens with two attached hydrogens (primary N) is 1. The summed E-state index contributed by atoms with van der Waals surface area (Å²) >= 11 is 0. The van der Waals surface area contributed by atoms with Crippen LogP contribution in [-0.2, 0) is 14.9 Å². The van der Waals surface area contributed by atoms with E-state index in [-0.39, 0.29) is 33.9 Å². The Morgan fingerprint density at radius 3 is 2.60 bits per heavy atom. The van der Waals surface area contributed by atoms with Gasteiger partial charge < -0.3 is 20.5 Å². The minimum absolute atomic E-state index is 0.0658. The first-order chi connectivity index (χ1) is 14.4. The van der Waals surface area contributed by atoms with Crippen LogP contribution in [0, 0.1) is 11.3 Å². The smallest absolute Gasteiger partial charge is 0.245 e. The van der Waals surface area contributed by atoms with Crippen molar-refractivity contribution in [1.82, 2.24) is 0 Å². The highest BCUT2D eigenvalue weighted by atomic mass is 16.5. The van der Waals surface area contributed by atoms with Crippen molar-refractivity contribution in [2.45, 2.75) is 5.41 Å². The summed E-state index contributed by atoms with van der Waals surface area (Å²) in [5.74, 6) is -2.21. The van der Waals surface area contributed by atoms with Gasteiger partial charge in [-0.25, -0.2) is 0 Å². The van der Waals surface area contributed by atoms with E-state index in [1.807, 2.05) is 6.07 Å². The van der Waals surface area contributed by atoms with E-state index in [0.29, 0.717) is 17.0 Å². The third-order valence-corrected chi connectivity index (χ3v) is 5.62. The summed E-state index contributed by atoms with van der Waals surface area (Å²) in [6, 6.07) is 13.0. The van der Waals surface area contributed by atoms with Crippen molar-refractivity contribution in [3.05, 3.63) is 81.9 Å². The number of nitriles is 1. The van der Waals surface area contributed by atoms with Gasteiger partial charge >= 0.3 is 0 Å². The minimum Gasteiger partial charge on any atom is -0.497 e. The maximum absolute atomic E-state index is 13.7. The molecule has 1 aliphatic carbocycles. The molecule has 1 spiro atoms. The molecule has 3 aliphatic rings. The molecular weight excluding hydrogens is 386 g/mol. The molecule has 0 unspecified atom stereocenters. The number of hydrogen-bond donors (Lipinski definition) is 2. The summed E-state index contributed by atoms with van der Waals surface area (Å²) in [4.78, 5) is 40.2. The SMILES string of the molecule is COc1ccc2c(c1)C(=O)C1=C(OC(N)=C(C#N)[C@@]13C(=O)Nc1ccccc13)C2=O. The van der Waals surface area contributed by atoms with Gasteiger partial charge in [-0.15, -0.1) is 0 Å². The second kappa shape index (κ2) is 5.81. The number of ketones is 2.